The van der Waals surface area contributed by atoms with Gasteiger partial charge in [-0.3, -0.25) is 4.79 Å². The molecule has 0 saturated carbocycles. The predicted octanol–water partition coefficient (Wildman–Crippen LogP) is 5.47. The molecule has 0 aliphatic rings. The Hall–Kier alpha value is -2.83. The van der Waals surface area contributed by atoms with Crippen molar-refractivity contribution < 1.29 is 18.7 Å². The average molecular weight is 419 g/mol. The maximum absolute atomic E-state index is 12.4. The van der Waals surface area contributed by atoms with Crippen LogP contribution >= 0.6 is 23.2 Å². The molecule has 1 heterocycles. The van der Waals surface area contributed by atoms with Crippen molar-refractivity contribution in [3.8, 4) is 11.5 Å². The lowest BCUT2D eigenvalue weighted by Gasteiger charge is -2.05. The van der Waals surface area contributed by atoms with E-state index in [0.717, 1.165) is 6.42 Å². The molecule has 0 fully saturated rings. The standard InChI is InChI=1S/C20H16Cl2N2O4/c1-2-9-27-20(26)12-3-6-14(7-4-12)23-18(25)17-11-28-19(24-17)13-5-8-15(21)16(22)10-13/h3-8,10-11H,2,9H2,1H3,(H,23,25). The van der Waals surface area contributed by atoms with Crippen LogP contribution in [0, 0.1) is 0 Å². The fourth-order valence-corrected chi connectivity index (χ4v) is 2.60. The molecular formula is C20H16Cl2N2O4. The second kappa shape index (κ2) is 8.91. The summed E-state index contributed by atoms with van der Waals surface area (Å²) in [6.07, 6.45) is 2.01. The van der Waals surface area contributed by atoms with Gasteiger partial charge in [0.25, 0.3) is 5.91 Å². The van der Waals surface area contributed by atoms with Crippen LogP contribution in [0.3, 0.4) is 0 Å². The maximum Gasteiger partial charge on any atom is 0.338 e. The molecule has 0 aliphatic carbocycles. The summed E-state index contributed by atoms with van der Waals surface area (Å²) in [4.78, 5) is 28.3. The van der Waals surface area contributed by atoms with Gasteiger partial charge in [0.2, 0.25) is 5.89 Å². The third-order valence-corrected chi connectivity index (χ3v) is 4.46. The third-order valence-electron chi connectivity index (χ3n) is 3.72. The Labute approximate surface area is 171 Å². The van der Waals surface area contributed by atoms with Gasteiger partial charge in [0.1, 0.15) is 6.26 Å². The predicted molar refractivity (Wildman–Crippen MR) is 107 cm³/mol. The van der Waals surface area contributed by atoms with E-state index in [1.807, 2.05) is 6.92 Å². The molecule has 3 aromatic rings. The van der Waals surface area contributed by atoms with Gasteiger partial charge in [-0.25, -0.2) is 9.78 Å². The Morgan fingerprint density at radius 1 is 1.11 bits per heavy atom. The number of oxazole rings is 1. The van der Waals surface area contributed by atoms with Crippen LogP contribution in [-0.4, -0.2) is 23.5 Å². The van der Waals surface area contributed by atoms with Crippen LogP contribution in [0.1, 0.15) is 34.2 Å². The first-order valence-corrected chi connectivity index (χ1v) is 9.23. The first-order chi connectivity index (χ1) is 13.5. The molecule has 0 unspecified atom stereocenters. The highest BCUT2D eigenvalue weighted by atomic mass is 35.5. The molecule has 0 spiro atoms. The second-order valence-corrected chi connectivity index (χ2v) is 6.65. The lowest BCUT2D eigenvalue weighted by molar-refractivity contribution is 0.0505. The molecule has 0 aliphatic heterocycles. The van der Waals surface area contributed by atoms with E-state index in [0.29, 0.717) is 33.5 Å². The molecule has 0 saturated heterocycles. The van der Waals surface area contributed by atoms with Gasteiger partial charge >= 0.3 is 5.97 Å². The molecule has 28 heavy (non-hydrogen) atoms. The van der Waals surface area contributed by atoms with Crippen LogP contribution in [0.2, 0.25) is 10.0 Å². The number of amides is 1. The number of carbonyl (C=O) groups excluding carboxylic acids is 2. The Morgan fingerprint density at radius 3 is 2.54 bits per heavy atom. The molecule has 0 bridgehead atoms. The molecule has 0 radical (unpaired) electrons. The van der Waals surface area contributed by atoms with Crippen molar-refractivity contribution in [2.45, 2.75) is 13.3 Å². The molecule has 1 amide bonds. The van der Waals surface area contributed by atoms with Gasteiger partial charge in [-0.15, -0.1) is 0 Å². The third kappa shape index (κ3) is 4.71. The van der Waals surface area contributed by atoms with E-state index < -0.39 is 11.9 Å². The Bertz CT molecular complexity index is 1000. The number of nitrogens with zero attached hydrogens (tertiary/aromatic N) is 1. The number of aromatic nitrogens is 1. The van der Waals surface area contributed by atoms with E-state index >= 15 is 0 Å². The maximum atomic E-state index is 12.4. The monoisotopic (exact) mass is 418 g/mol. The number of hydrogen-bond donors (Lipinski definition) is 1. The first kappa shape index (κ1) is 19.9. The van der Waals surface area contributed by atoms with Gasteiger partial charge < -0.3 is 14.5 Å². The number of esters is 1. The summed E-state index contributed by atoms with van der Waals surface area (Å²) >= 11 is 11.9. The van der Waals surface area contributed by atoms with Crippen molar-refractivity contribution >= 4 is 40.8 Å². The van der Waals surface area contributed by atoms with Gasteiger partial charge in [-0.05, 0) is 48.9 Å². The van der Waals surface area contributed by atoms with Crippen LogP contribution in [0.5, 0.6) is 0 Å². The van der Waals surface area contributed by atoms with E-state index in [2.05, 4.69) is 10.3 Å². The number of hydrogen-bond acceptors (Lipinski definition) is 5. The molecule has 1 N–H and O–H groups in total. The van der Waals surface area contributed by atoms with Crippen LogP contribution in [-0.2, 0) is 4.74 Å². The van der Waals surface area contributed by atoms with Crippen molar-refractivity contribution in [1.29, 1.82) is 0 Å². The van der Waals surface area contributed by atoms with Crippen LogP contribution in [0.25, 0.3) is 11.5 Å². The highest BCUT2D eigenvalue weighted by molar-refractivity contribution is 6.42. The summed E-state index contributed by atoms with van der Waals surface area (Å²) in [5, 5.41) is 3.47. The minimum Gasteiger partial charge on any atom is -0.462 e. The van der Waals surface area contributed by atoms with Gasteiger partial charge in [0.15, 0.2) is 5.69 Å². The van der Waals surface area contributed by atoms with Crippen LogP contribution in [0.4, 0.5) is 5.69 Å². The Morgan fingerprint density at radius 2 is 1.86 bits per heavy atom. The summed E-state index contributed by atoms with van der Waals surface area (Å²) in [6, 6.07) is 11.3. The van der Waals surface area contributed by atoms with Gasteiger partial charge in [-0.2, -0.15) is 0 Å². The highest BCUT2D eigenvalue weighted by Gasteiger charge is 2.15. The molecule has 1 aromatic heterocycles. The lowest BCUT2D eigenvalue weighted by atomic mass is 10.2. The number of anilines is 1. The summed E-state index contributed by atoms with van der Waals surface area (Å²) in [5.41, 5.74) is 1.63. The summed E-state index contributed by atoms with van der Waals surface area (Å²) < 4.78 is 10.4. The molecular weight excluding hydrogens is 403 g/mol. The minimum atomic E-state index is -0.448. The number of halogens is 2. The van der Waals surface area contributed by atoms with Gasteiger partial charge in [0.05, 0.1) is 22.2 Å². The van der Waals surface area contributed by atoms with E-state index in [1.165, 1.54) is 6.26 Å². The molecule has 8 heteroatoms. The smallest absolute Gasteiger partial charge is 0.338 e. The van der Waals surface area contributed by atoms with Crippen LogP contribution < -0.4 is 5.32 Å². The number of nitrogens with one attached hydrogen (secondary N) is 1. The quantitative estimate of drug-likeness (QED) is 0.536. The Kier molecular flexibility index (Phi) is 6.34. The molecule has 2 aromatic carbocycles. The minimum absolute atomic E-state index is 0.104. The Balaban J connectivity index is 1.67. The lowest BCUT2D eigenvalue weighted by Crippen LogP contribution is -2.12. The zero-order valence-corrected chi connectivity index (χ0v) is 16.4. The number of benzene rings is 2. The van der Waals surface area contributed by atoms with Crippen molar-refractivity contribution in [1.82, 2.24) is 4.98 Å². The summed E-state index contributed by atoms with van der Waals surface area (Å²) in [5.74, 6) is -0.600. The van der Waals surface area contributed by atoms with Gasteiger partial charge in [-0.1, -0.05) is 30.1 Å². The van der Waals surface area contributed by atoms with E-state index in [4.69, 9.17) is 32.4 Å². The van der Waals surface area contributed by atoms with Crippen molar-refractivity contribution in [2.75, 3.05) is 11.9 Å². The number of ether oxygens (including phenoxy) is 1. The molecule has 3 rings (SSSR count). The van der Waals surface area contributed by atoms with E-state index in [9.17, 15) is 9.59 Å². The fourth-order valence-electron chi connectivity index (χ4n) is 2.30. The highest BCUT2D eigenvalue weighted by Crippen LogP contribution is 2.28. The van der Waals surface area contributed by atoms with Crippen LogP contribution in [0.15, 0.2) is 53.1 Å². The topological polar surface area (TPSA) is 81.4 Å². The first-order valence-electron chi connectivity index (χ1n) is 8.47. The van der Waals surface area contributed by atoms with Crippen molar-refractivity contribution in [3.05, 3.63) is 70.0 Å². The summed E-state index contributed by atoms with van der Waals surface area (Å²) in [7, 11) is 0. The zero-order valence-electron chi connectivity index (χ0n) is 14.9. The van der Waals surface area contributed by atoms with Crippen molar-refractivity contribution in [3.63, 3.8) is 0 Å². The largest absolute Gasteiger partial charge is 0.462 e. The van der Waals surface area contributed by atoms with Gasteiger partial charge in [0, 0.05) is 11.3 Å². The second-order valence-electron chi connectivity index (χ2n) is 5.83. The average Bonchev–Trinajstić information content (AvgIpc) is 3.19. The summed E-state index contributed by atoms with van der Waals surface area (Å²) in [6.45, 7) is 2.29. The molecule has 6 nitrogen and oxygen atoms in total. The SMILES string of the molecule is CCCOC(=O)c1ccc(NC(=O)c2coc(-c3ccc(Cl)c(Cl)c3)n2)cc1. The van der Waals surface area contributed by atoms with Crippen molar-refractivity contribution in [2.24, 2.45) is 0 Å². The zero-order chi connectivity index (χ0) is 20.1. The van der Waals surface area contributed by atoms with E-state index in [-0.39, 0.29) is 11.6 Å². The molecule has 0 atom stereocenters. The number of carbonyl (C=O) groups is 2. The number of rotatable bonds is 6. The molecule has 144 valence electrons. The van der Waals surface area contributed by atoms with E-state index in [1.54, 1.807) is 42.5 Å². The normalized spacial score (nSPS) is 10.5. The fraction of sp³-hybridized carbons (Fsp3) is 0.150.